The van der Waals surface area contributed by atoms with Crippen molar-refractivity contribution in [3.05, 3.63) is 51.6 Å². The molecule has 1 N–H and O–H groups in total. The number of alkyl halides is 3. The zero-order valence-electron chi connectivity index (χ0n) is 13.7. The first-order chi connectivity index (χ1) is 12.8. The molecule has 0 fully saturated rings. The molecular formula is C16H12F3N3O5. The van der Waals surface area contributed by atoms with Gasteiger partial charge in [-0.05, 0) is 24.3 Å². The average Bonchev–Trinajstić information content (AvgIpc) is 3.08. The van der Waals surface area contributed by atoms with Crippen LogP contribution in [0.15, 0.2) is 35.4 Å². The highest BCUT2D eigenvalue weighted by Gasteiger charge is 2.33. The Hall–Kier alpha value is -3.50. The first kappa shape index (κ1) is 18.3. The van der Waals surface area contributed by atoms with Gasteiger partial charge < -0.3 is 14.2 Å². The number of hydrogen-bond donors (Lipinski definition) is 1. The predicted molar refractivity (Wildman–Crippen MR) is 88.4 cm³/mol. The second kappa shape index (κ2) is 7.02. The smallest absolute Gasteiger partial charge is 0.416 e. The number of nitrogens with one attached hydrogen (secondary N) is 1. The molecule has 0 amide bonds. The zero-order chi connectivity index (χ0) is 19.6. The third-order valence-electron chi connectivity index (χ3n) is 3.60. The van der Waals surface area contributed by atoms with Crippen molar-refractivity contribution in [1.29, 1.82) is 0 Å². The minimum absolute atomic E-state index is 0.0439. The molecule has 0 aliphatic carbocycles. The fourth-order valence-corrected chi connectivity index (χ4v) is 2.35. The Balaban J connectivity index is 1.83. The van der Waals surface area contributed by atoms with E-state index < -0.39 is 22.4 Å². The van der Waals surface area contributed by atoms with Crippen molar-refractivity contribution in [1.82, 2.24) is 0 Å². The Morgan fingerprint density at radius 1 is 1.30 bits per heavy atom. The van der Waals surface area contributed by atoms with E-state index in [1.807, 2.05) is 0 Å². The van der Waals surface area contributed by atoms with Crippen LogP contribution in [0.5, 0.6) is 17.2 Å². The molecule has 3 rings (SSSR count). The molecular weight excluding hydrogens is 371 g/mol. The highest BCUT2D eigenvalue weighted by molar-refractivity contribution is 5.83. The van der Waals surface area contributed by atoms with Crippen LogP contribution in [0.2, 0.25) is 0 Å². The van der Waals surface area contributed by atoms with E-state index in [9.17, 15) is 23.3 Å². The van der Waals surface area contributed by atoms with Gasteiger partial charge in [0, 0.05) is 11.6 Å². The first-order valence-electron chi connectivity index (χ1n) is 7.42. The van der Waals surface area contributed by atoms with E-state index in [1.165, 1.54) is 13.3 Å². The Kier molecular flexibility index (Phi) is 4.75. The molecule has 1 aliphatic rings. The van der Waals surface area contributed by atoms with Crippen molar-refractivity contribution in [2.24, 2.45) is 5.10 Å². The van der Waals surface area contributed by atoms with Gasteiger partial charge in [-0.2, -0.15) is 18.3 Å². The fourth-order valence-electron chi connectivity index (χ4n) is 2.35. The van der Waals surface area contributed by atoms with Crippen LogP contribution in [0.4, 0.5) is 24.5 Å². The fraction of sp³-hybridized carbons (Fsp3) is 0.188. The van der Waals surface area contributed by atoms with Crippen LogP contribution in [-0.4, -0.2) is 25.0 Å². The highest BCUT2D eigenvalue weighted by Crippen LogP contribution is 2.41. The number of ether oxygens (including phenoxy) is 3. The number of rotatable bonds is 5. The predicted octanol–water partition coefficient (Wildman–Crippen LogP) is 3.80. The van der Waals surface area contributed by atoms with Gasteiger partial charge in [-0.25, -0.2) is 0 Å². The minimum atomic E-state index is -4.68. The van der Waals surface area contributed by atoms with Crippen LogP contribution in [-0.2, 0) is 6.18 Å². The largest absolute Gasteiger partial charge is 0.493 e. The normalized spacial score (nSPS) is 13.0. The quantitative estimate of drug-likeness (QED) is 0.479. The van der Waals surface area contributed by atoms with E-state index in [0.29, 0.717) is 28.9 Å². The van der Waals surface area contributed by atoms with Crippen molar-refractivity contribution < 1.29 is 32.3 Å². The molecule has 0 aromatic heterocycles. The van der Waals surface area contributed by atoms with Gasteiger partial charge in [-0.3, -0.25) is 15.5 Å². The van der Waals surface area contributed by atoms with Gasteiger partial charge in [-0.1, -0.05) is 0 Å². The standard InChI is InChI=1S/C16H12F3N3O5/c1-25-13-4-9(5-14-15(13)27-8-26-14)7-20-21-11-3-2-10(16(17,18)19)6-12(11)22(23)24/h2-7,21H,8H2,1H3/b20-7-. The van der Waals surface area contributed by atoms with Gasteiger partial charge in [0.1, 0.15) is 5.69 Å². The van der Waals surface area contributed by atoms with Gasteiger partial charge in [-0.15, -0.1) is 0 Å². The first-order valence-corrected chi connectivity index (χ1v) is 7.42. The summed E-state index contributed by atoms with van der Waals surface area (Å²) in [5.74, 6) is 1.30. The lowest BCUT2D eigenvalue weighted by molar-refractivity contribution is -0.384. The molecule has 142 valence electrons. The molecule has 0 bridgehead atoms. The summed E-state index contributed by atoms with van der Waals surface area (Å²) in [6.07, 6.45) is -3.37. The van der Waals surface area contributed by atoms with Crippen LogP contribution in [0.1, 0.15) is 11.1 Å². The average molecular weight is 383 g/mol. The van der Waals surface area contributed by atoms with E-state index in [0.717, 1.165) is 12.1 Å². The maximum atomic E-state index is 12.7. The summed E-state index contributed by atoms with van der Waals surface area (Å²) in [6.45, 7) is 0.0439. The molecule has 27 heavy (non-hydrogen) atoms. The minimum Gasteiger partial charge on any atom is -0.493 e. The van der Waals surface area contributed by atoms with Crippen LogP contribution < -0.4 is 19.6 Å². The summed E-state index contributed by atoms with van der Waals surface area (Å²) in [5, 5.41) is 14.9. The summed E-state index contributed by atoms with van der Waals surface area (Å²) in [4.78, 5) is 10.1. The molecule has 0 unspecified atom stereocenters. The molecule has 2 aromatic rings. The third-order valence-corrected chi connectivity index (χ3v) is 3.60. The third kappa shape index (κ3) is 3.86. The number of hydrazone groups is 1. The topological polar surface area (TPSA) is 95.2 Å². The number of halogens is 3. The highest BCUT2D eigenvalue weighted by atomic mass is 19.4. The molecule has 8 nitrogen and oxygen atoms in total. The summed E-state index contributed by atoms with van der Waals surface area (Å²) >= 11 is 0. The number of nitro benzene ring substituents is 1. The van der Waals surface area contributed by atoms with Crippen molar-refractivity contribution in [2.75, 3.05) is 19.3 Å². The molecule has 0 saturated heterocycles. The van der Waals surface area contributed by atoms with E-state index in [-0.39, 0.29) is 12.5 Å². The number of hydrogen-bond acceptors (Lipinski definition) is 7. The molecule has 1 heterocycles. The lowest BCUT2D eigenvalue weighted by Gasteiger charge is -2.08. The van der Waals surface area contributed by atoms with Gasteiger partial charge in [0.25, 0.3) is 5.69 Å². The van der Waals surface area contributed by atoms with E-state index >= 15 is 0 Å². The molecule has 0 saturated carbocycles. The van der Waals surface area contributed by atoms with Gasteiger partial charge in [0.15, 0.2) is 11.5 Å². The molecule has 11 heteroatoms. The SMILES string of the molecule is COc1cc(/C=N\Nc2ccc(C(F)(F)F)cc2[N+](=O)[O-])cc2c1OCO2. The van der Waals surface area contributed by atoms with Gasteiger partial charge >= 0.3 is 6.18 Å². The Bertz CT molecular complexity index is 915. The van der Waals surface area contributed by atoms with E-state index in [2.05, 4.69) is 10.5 Å². The Labute approximate surface area is 150 Å². The maximum Gasteiger partial charge on any atom is 0.416 e. The second-order valence-electron chi connectivity index (χ2n) is 5.31. The number of fused-ring (bicyclic) bond motifs is 1. The maximum absolute atomic E-state index is 12.7. The number of nitrogens with zero attached hydrogens (tertiary/aromatic N) is 2. The molecule has 2 aromatic carbocycles. The van der Waals surface area contributed by atoms with Crippen LogP contribution in [0.25, 0.3) is 0 Å². The Morgan fingerprint density at radius 2 is 2.07 bits per heavy atom. The zero-order valence-corrected chi connectivity index (χ0v) is 13.7. The summed E-state index contributed by atoms with van der Waals surface area (Å²) in [5.41, 5.74) is 0.851. The van der Waals surface area contributed by atoms with Crippen molar-refractivity contribution in [2.45, 2.75) is 6.18 Å². The van der Waals surface area contributed by atoms with Crippen LogP contribution >= 0.6 is 0 Å². The van der Waals surface area contributed by atoms with Crippen LogP contribution in [0, 0.1) is 10.1 Å². The number of anilines is 1. The molecule has 0 radical (unpaired) electrons. The summed E-state index contributed by atoms with van der Waals surface area (Å²) in [6, 6.07) is 5.32. The van der Waals surface area contributed by atoms with Crippen molar-refractivity contribution in [3.8, 4) is 17.2 Å². The van der Waals surface area contributed by atoms with Crippen molar-refractivity contribution >= 4 is 17.6 Å². The van der Waals surface area contributed by atoms with E-state index in [1.54, 1.807) is 12.1 Å². The van der Waals surface area contributed by atoms with E-state index in [4.69, 9.17) is 14.2 Å². The molecule has 1 aliphatic heterocycles. The second-order valence-corrected chi connectivity index (χ2v) is 5.31. The molecule has 0 atom stereocenters. The lowest BCUT2D eigenvalue weighted by Crippen LogP contribution is -2.06. The van der Waals surface area contributed by atoms with Crippen LogP contribution in [0.3, 0.4) is 0 Å². The number of methoxy groups -OCH3 is 1. The Morgan fingerprint density at radius 3 is 2.74 bits per heavy atom. The lowest BCUT2D eigenvalue weighted by atomic mass is 10.1. The summed E-state index contributed by atoms with van der Waals surface area (Å²) in [7, 11) is 1.45. The number of nitro groups is 1. The summed E-state index contributed by atoms with van der Waals surface area (Å²) < 4.78 is 53.8. The van der Waals surface area contributed by atoms with Gasteiger partial charge in [0.05, 0.1) is 23.8 Å². The monoisotopic (exact) mass is 383 g/mol. The molecule has 0 spiro atoms. The van der Waals surface area contributed by atoms with Gasteiger partial charge in [0.2, 0.25) is 12.5 Å². The number of benzene rings is 2. The van der Waals surface area contributed by atoms with Crippen molar-refractivity contribution in [3.63, 3.8) is 0 Å².